The average molecular weight is 272 g/mol. The summed E-state index contributed by atoms with van der Waals surface area (Å²) in [5, 5.41) is 0. The number of esters is 1. The minimum Gasteiger partial charge on any atom is -0.426 e. The van der Waals surface area contributed by atoms with E-state index in [2.05, 4.69) is 0 Å². The molecule has 0 amide bonds. The van der Waals surface area contributed by atoms with Crippen LogP contribution >= 0.6 is 7.60 Å². The van der Waals surface area contributed by atoms with Crippen molar-refractivity contribution in [3.05, 3.63) is 30.3 Å². The summed E-state index contributed by atoms with van der Waals surface area (Å²) < 4.78 is 27.1. The topological polar surface area (TPSA) is 61.8 Å². The van der Waals surface area contributed by atoms with E-state index in [1.165, 1.54) is 0 Å². The van der Waals surface area contributed by atoms with E-state index in [4.69, 9.17) is 13.8 Å². The van der Waals surface area contributed by atoms with E-state index < -0.39 is 13.6 Å². The number of carbonyl (C=O) groups excluding carboxylic acids is 1. The molecule has 0 radical (unpaired) electrons. The van der Waals surface area contributed by atoms with Gasteiger partial charge in [-0.15, -0.1) is 0 Å². The Morgan fingerprint density at radius 1 is 1.11 bits per heavy atom. The molecule has 0 heterocycles. The summed E-state index contributed by atoms with van der Waals surface area (Å²) >= 11 is 0. The van der Waals surface area contributed by atoms with Gasteiger partial charge >= 0.3 is 13.6 Å². The predicted octanol–water partition coefficient (Wildman–Crippen LogP) is 2.86. The van der Waals surface area contributed by atoms with Crippen molar-refractivity contribution in [2.45, 2.75) is 13.8 Å². The highest BCUT2D eigenvalue weighted by Crippen LogP contribution is 2.47. The summed E-state index contributed by atoms with van der Waals surface area (Å²) in [6.07, 6.45) is -0.385. The molecular weight excluding hydrogens is 255 g/mol. The highest BCUT2D eigenvalue weighted by atomic mass is 31.2. The van der Waals surface area contributed by atoms with Gasteiger partial charge in [-0.05, 0) is 26.0 Å². The first-order valence-electron chi connectivity index (χ1n) is 5.73. The summed E-state index contributed by atoms with van der Waals surface area (Å²) in [5.74, 6) is -0.228. The van der Waals surface area contributed by atoms with Gasteiger partial charge < -0.3 is 13.8 Å². The standard InChI is InChI=1S/C12H17O5P/c1-3-15-18(14,16-4-2)10-12(13)17-11-8-6-5-7-9-11/h5-9H,3-4,10H2,1-2H3. The fourth-order valence-electron chi connectivity index (χ4n) is 1.33. The molecule has 6 heteroatoms. The molecule has 0 atom stereocenters. The van der Waals surface area contributed by atoms with Gasteiger partial charge in [-0.3, -0.25) is 9.36 Å². The molecule has 18 heavy (non-hydrogen) atoms. The van der Waals surface area contributed by atoms with Crippen molar-refractivity contribution < 1.29 is 23.1 Å². The molecule has 0 aromatic heterocycles. The molecule has 0 saturated carbocycles. The van der Waals surface area contributed by atoms with Crippen LogP contribution in [0.3, 0.4) is 0 Å². The van der Waals surface area contributed by atoms with Gasteiger partial charge in [-0.1, -0.05) is 18.2 Å². The summed E-state index contributed by atoms with van der Waals surface area (Å²) in [6.45, 7) is 3.81. The monoisotopic (exact) mass is 272 g/mol. The van der Waals surface area contributed by atoms with Gasteiger partial charge in [0.15, 0.2) is 0 Å². The van der Waals surface area contributed by atoms with Crippen LogP contribution in [0.1, 0.15) is 13.8 Å². The molecule has 0 N–H and O–H groups in total. The number of para-hydroxylation sites is 1. The largest absolute Gasteiger partial charge is 0.426 e. The average Bonchev–Trinajstić information content (AvgIpc) is 2.30. The van der Waals surface area contributed by atoms with Crippen molar-refractivity contribution >= 4 is 13.6 Å². The van der Waals surface area contributed by atoms with Gasteiger partial charge in [0.25, 0.3) is 0 Å². The zero-order valence-corrected chi connectivity index (χ0v) is 11.4. The fourth-order valence-corrected chi connectivity index (χ4v) is 2.76. The van der Waals surface area contributed by atoms with Crippen LogP contribution in [0, 0.1) is 0 Å². The summed E-state index contributed by atoms with van der Waals surface area (Å²) in [6, 6.07) is 8.58. The molecule has 5 nitrogen and oxygen atoms in total. The molecule has 0 unspecified atom stereocenters. The molecule has 0 saturated heterocycles. The predicted molar refractivity (Wildman–Crippen MR) is 67.8 cm³/mol. The molecule has 100 valence electrons. The third kappa shape index (κ3) is 5.00. The van der Waals surface area contributed by atoms with Crippen molar-refractivity contribution in [3.63, 3.8) is 0 Å². The Balaban J connectivity index is 2.59. The van der Waals surface area contributed by atoms with E-state index in [0.29, 0.717) is 5.75 Å². The van der Waals surface area contributed by atoms with E-state index >= 15 is 0 Å². The zero-order chi connectivity index (χ0) is 13.4. The Labute approximate surface area is 107 Å². The highest BCUT2D eigenvalue weighted by Gasteiger charge is 2.28. The van der Waals surface area contributed by atoms with Crippen molar-refractivity contribution in [1.82, 2.24) is 0 Å². The van der Waals surface area contributed by atoms with Gasteiger partial charge in [0.05, 0.1) is 13.2 Å². The summed E-state index contributed by atoms with van der Waals surface area (Å²) in [7, 11) is -3.39. The lowest BCUT2D eigenvalue weighted by Gasteiger charge is -2.15. The molecule has 1 aromatic carbocycles. The number of benzene rings is 1. The number of hydrogen-bond donors (Lipinski definition) is 0. The van der Waals surface area contributed by atoms with Crippen LogP contribution in [0.5, 0.6) is 5.75 Å². The number of carbonyl (C=O) groups is 1. The molecule has 0 aliphatic heterocycles. The Kier molecular flexibility index (Phi) is 6.05. The van der Waals surface area contributed by atoms with E-state index in [9.17, 15) is 9.36 Å². The Morgan fingerprint density at radius 2 is 1.67 bits per heavy atom. The van der Waals surface area contributed by atoms with Gasteiger partial charge in [0, 0.05) is 0 Å². The number of hydrogen-bond acceptors (Lipinski definition) is 5. The number of rotatable bonds is 7. The van der Waals surface area contributed by atoms with Crippen LogP contribution in [0.4, 0.5) is 0 Å². The maximum absolute atomic E-state index is 12.1. The van der Waals surface area contributed by atoms with Crippen LogP contribution in [0.15, 0.2) is 30.3 Å². The lowest BCUT2D eigenvalue weighted by atomic mass is 10.3. The Bertz CT molecular complexity index is 408. The van der Waals surface area contributed by atoms with Crippen molar-refractivity contribution in [2.24, 2.45) is 0 Å². The second-order valence-corrected chi connectivity index (χ2v) is 5.45. The molecule has 0 spiro atoms. The third-order valence-corrected chi connectivity index (χ3v) is 3.90. The lowest BCUT2D eigenvalue weighted by Crippen LogP contribution is -2.15. The van der Waals surface area contributed by atoms with Gasteiger partial charge in [-0.2, -0.15) is 0 Å². The summed E-state index contributed by atoms with van der Waals surface area (Å²) in [5.41, 5.74) is 0. The SMILES string of the molecule is CCOP(=O)(CC(=O)Oc1ccccc1)OCC. The highest BCUT2D eigenvalue weighted by molar-refractivity contribution is 7.54. The van der Waals surface area contributed by atoms with Crippen molar-refractivity contribution in [2.75, 3.05) is 19.4 Å². The quantitative estimate of drug-likeness (QED) is 0.434. The Morgan fingerprint density at radius 3 is 2.17 bits per heavy atom. The molecule has 1 rings (SSSR count). The zero-order valence-electron chi connectivity index (χ0n) is 10.5. The van der Waals surface area contributed by atoms with Crippen LogP contribution in [0.2, 0.25) is 0 Å². The van der Waals surface area contributed by atoms with Crippen LogP contribution in [-0.2, 0) is 18.4 Å². The molecule has 0 fully saturated rings. The maximum atomic E-state index is 12.1. The van der Waals surface area contributed by atoms with E-state index in [1.54, 1.807) is 38.1 Å². The lowest BCUT2D eigenvalue weighted by molar-refractivity contribution is -0.131. The molecule has 0 aliphatic rings. The Hall–Kier alpha value is -1.16. The van der Waals surface area contributed by atoms with Crippen LogP contribution < -0.4 is 4.74 Å². The van der Waals surface area contributed by atoms with E-state index in [-0.39, 0.29) is 19.4 Å². The molecular formula is C12H17O5P. The minimum atomic E-state index is -3.39. The second-order valence-electron chi connectivity index (χ2n) is 3.39. The normalized spacial score (nSPS) is 11.2. The first-order chi connectivity index (χ1) is 8.59. The first kappa shape index (κ1) is 14.9. The fraction of sp³-hybridized carbons (Fsp3) is 0.417. The van der Waals surface area contributed by atoms with E-state index in [0.717, 1.165) is 0 Å². The summed E-state index contributed by atoms with van der Waals surface area (Å²) in [4.78, 5) is 11.6. The number of ether oxygens (including phenoxy) is 1. The van der Waals surface area contributed by atoms with E-state index in [1.807, 2.05) is 6.07 Å². The smallest absolute Gasteiger partial charge is 0.341 e. The van der Waals surface area contributed by atoms with Crippen LogP contribution in [0.25, 0.3) is 0 Å². The van der Waals surface area contributed by atoms with Crippen LogP contribution in [-0.4, -0.2) is 25.3 Å². The van der Waals surface area contributed by atoms with Crippen molar-refractivity contribution in [3.8, 4) is 5.75 Å². The molecule has 1 aromatic rings. The molecule has 0 bridgehead atoms. The van der Waals surface area contributed by atoms with Crippen molar-refractivity contribution in [1.29, 1.82) is 0 Å². The second kappa shape index (κ2) is 7.31. The first-order valence-corrected chi connectivity index (χ1v) is 7.46. The molecule has 0 aliphatic carbocycles. The van der Waals surface area contributed by atoms with Gasteiger partial charge in [0.1, 0.15) is 11.9 Å². The third-order valence-electron chi connectivity index (χ3n) is 1.95. The van der Waals surface area contributed by atoms with Gasteiger partial charge in [-0.25, -0.2) is 0 Å². The van der Waals surface area contributed by atoms with Gasteiger partial charge in [0.2, 0.25) is 0 Å². The minimum absolute atomic E-state index is 0.218. The maximum Gasteiger partial charge on any atom is 0.341 e.